The van der Waals surface area contributed by atoms with Gasteiger partial charge in [0.25, 0.3) is 0 Å². The first-order valence-electron chi connectivity index (χ1n) is 6.67. The zero-order valence-electron chi connectivity index (χ0n) is 12.3. The molecule has 0 saturated heterocycles. The van der Waals surface area contributed by atoms with Gasteiger partial charge in [0.1, 0.15) is 5.03 Å². The van der Waals surface area contributed by atoms with Crippen molar-refractivity contribution in [3.8, 4) is 0 Å². The van der Waals surface area contributed by atoms with Gasteiger partial charge in [-0.1, -0.05) is 29.4 Å². The summed E-state index contributed by atoms with van der Waals surface area (Å²) >= 11 is 11.5. The number of hydrogen-bond donors (Lipinski definition) is 1. The second kappa shape index (κ2) is 7.14. The van der Waals surface area contributed by atoms with Gasteiger partial charge in [0.05, 0.1) is 9.50 Å². The lowest BCUT2D eigenvalue weighted by atomic mass is 10.1. The minimum atomic E-state index is 0.0960. The van der Waals surface area contributed by atoms with Crippen LogP contribution in [0.15, 0.2) is 50.9 Å². The van der Waals surface area contributed by atoms with Gasteiger partial charge in [0.2, 0.25) is 0 Å². The molecule has 5 heteroatoms. The van der Waals surface area contributed by atoms with Crippen LogP contribution in [0.5, 0.6) is 0 Å². The zero-order chi connectivity index (χ0) is 15.5. The monoisotopic (exact) mass is 384 g/mol. The summed E-state index contributed by atoms with van der Waals surface area (Å²) in [7, 11) is 0. The van der Waals surface area contributed by atoms with Crippen molar-refractivity contribution >= 4 is 39.3 Å². The van der Waals surface area contributed by atoms with E-state index in [0.29, 0.717) is 0 Å². The number of hydrogen-bond acceptors (Lipinski definition) is 3. The van der Waals surface area contributed by atoms with E-state index in [9.17, 15) is 0 Å². The number of nitrogens with zero attached hydrogens (tertiary/aromatic N) is 1. The summed E-state index contributed by atoms with van der Waals surface area (Å²) in [6, 6.07) is 10.0. The Morgan fingerprint density at radius 3 is 2.67 bits per heavy atom. The first-order valence-corrected chi connectivity index (χ1v) is 8.66. The fraction of sp³-hybridized carbons (Fsp3) is 0.312. The Balaban J connectivity index is 2.11. The smallest absolute Gasteiger partial charge is 0.115 e. The van der Waals surface area contributed by atoms with Crippen LogP contribution < -0.4 is 5.32 Å². The Bertz CT molecular complexity index is 626. The summed E-state index contributed by atoms with van der Waals surface area (Å²) in [5, 5.41) is 5.13. The Hall–Kier alpha value is -0.550. The lowest BCUT2D eigenvalue weighted by Crippen LogP contribution is -2.35. The van der Waals surface area contributed by atoms with Crippen LogP contribution in [-0.4, -0.2) is 10.5 Å². The van der Waals surface area contributed by atoms with E-state index in [-0.39, 0.29) is 5.54 Å². The minimum absolute atomic E-state index is 0.0960. The molecule has 1 N–H and O–H groups in total. The quantitative estimate of drug-likeness (QED) is 0.748. The summed E-state index contributed by atoms with van der Waals surface area (Å²) in [6.45, 7) is 7.26. The maximum atomic E-state index is 6.39. The summed E-state index contributed by atoms with van der Waals surface area (Å²) in [6.07, 6.45) is 1.78. The molecule has 1 aromatic carbocycles. The van der Waals surface area contributed by atoms with Gasteiger partial charge in [-0.2, -0.15) is 0 Å². The molecule has 0 aliphatic heterocycles. The molecule has 1 heterocycles. The Morgan fingerprint density at radius 2 is 2.05 bits per heavy atom. The van der Waals surface area contributed by atoms with E-state index in [1.807, 2.05) is 24.3 Å². The second-order valence-corrected chi connectivity index (χ2v) is 8.05. The number of aromatic nitrogens is 1. The number of pyridine rings is 1. The molecule has 0 amide bonds. The van der Waals surface area contributed by atoms with Crippen molar-refractivity contribution in [2.45, 2.75) is 42.8 Å². The molecule has 0 fully saturated rings. The van der Waals surface area contributed by atoms with Crippen molar-refractivity contribution in [1.82, 2.24) is 10.3 Å². The fourth-order valence-electron chi connectivity index (χ4n) is 1.65. The molecule has 1 aromatic heterocycles. The van der Waals surface area contributed by atoms with Crippen LogP contribution in [-0.2, 0) is 6.54 Å². The molecule has 0 bridgehead atoms. The van der Waals surface area contributed by atoms with E-state index in [2.05, 4.69) is 53.1 Å². The maximum Gasteiger partial charge on any atom is 0.115 e. The number of benzene rings is 1. The van der Waals surface area contributed by atoms with Crippen LogP contribution in [0.3, 0.4) is 0 Å². The molecule has 2 nitrogen and oxygen atoms in total. The molecule has 0 spiro atoms. The predicted octanol–water partition coefficient (Wildman–Crippen LogP) is 5.54. The van der Waals surface area contributed by atoms with Gasteiger partial charge in [0.15, 0.2) is 0 Å². The highest BCUT2D eigenvalue weighted by molar-refractivity contribution is 9.10. The second-order valence-electron chi connectivity index (χ2n) is 5.76. The van der Waals surface area contributed by atoms with Crippen LogP contribution in [0.1, 0.15) is 26.3 Å². The third kappa shape index (κ3) is 5.29. The minimum Gasteiger partial charge on any atom is -0.308 e. The van der Waals surface area contributed by atoms with Gasteiger partial charge in [-0.25, -0.2) is 4.98 Å². The molecule has 0 aliphatic carbocycles. The highest BCUT2D eigenvalue weighted by Gasteiger charge is 2.10. The molecule has 2 aromatic rings. The fourth-order valence-corrected chi connectivity index (χ4v) is 3.25. The van der Waals surface area contributed by atoms with Crippen LogP contribution in [0.25, 0.3) is 0 Å². The summed E-state index contributed by atoms with van der Waals surface area (Å²) in [5.74, 6) is 0. The third-order valence-corrected chi connectivity index (χ3v) is 5.17. The lowest BCUT2D eigenvalue weighted by Gasteiger charge is -2.20. The van der Waals surface area contributed by atoms with Crippen molar-refractivity contribution < 1.29 is 0 Å². The van der Waals surface area contributed by atoms with Crippen LogP contribution in [0.2, 0.25) is 5.02 Å². The van der Waals surface area contributed by atoms with Crippen molar-refractivity contribution in [1.29, 1.82) is 0 Å². The van der Waals surface area contributed by atoms with Crippen LogP contribution in [0.4, 0.5) is 0 Å². The van der Waals surface area contributed by atoms with Crippen molar-refractivity contribution in [2.24, 2.45) is 0 Å². The van der Waals surface area contributed by atoms with Gasteiger partial charge in [0, 0.05) is 23.2 Å². The van der Waals surface area contributed by atoms with Gasteiger partial charge in [-0.15, -0.1) is 0 Å². The molecule has 0 unspecified atom stereocenters. The van der Waals surface area contributed by atoms with Crippen molar-refractivity contribution in [3.05, 3.63) is 51.6 Å². The predicted molar refractivity (Wildman–Crippen MR) is 94.1 cm³/mol. The van der Waals surface area contributed by atoms with E-state index in [0.717, 1.165) is 26.0 Å². The zero-order valence-corrected chi connectivity index (χ0v) is 15.4. The van der Waals surface area contributed by atoms with Crippen LogP contribution >= 0.6 is 39.3 Å². The molecule has 0 saturated carbocycles. The van der Waals surface area contributed by atoms with E-state index in [4.69, 9.17) is 11.6 Å². The van der Waals surface area contributed by atoms with E-state index in [1.54, 1.807) is 18.0 Å². The molecule has 2 rings (SSSR count). The van der Waals surface area contributed by atoms with Crippen molar-refractivity contribution in [2.75, 3.05) is 0 Å². The SMILES string of the molecule is CC(C)(C)NCc1ccc(Sc2ncccc2Br)c(Cl)c1. The average molecular weight is 386 g/mol. The van der Waals surface area contributed by atoms with E-state index >= 15 is 0 Å². The van der Waals surface area contributed by atoms with Gasteiger partial charge in [-0.3, -0.25) is 0 Å². The standard InChI is InChI=1S/C16H18BrClN2S/c1-16(2,3)20-10-11-6-7-14(13(18)9-11)21-15-12(17)5-4-8-19-15/h4-9,20H,10H2,1-3H3. The van der Waals surface area contributed by atoms with Crippen LogP contribution in [0, 0.1) is 0 Å². The highest BCUT2D eigenvalue weighted by Crippen LogP contribution is 2.36. The Kier molecular flexibility index (Phi) is 5.72. The molecule has 21 heavy (non-hydrogen) atoms. The number of nitrogens with one attached hydrogen (secondary N) is 1. The van der Waals surface area contributed by atoms with Gasteiger partial charge >= 0.3 is 0 Å². The molecular weight excluding hydrogens is 368 g/mol. The largest absolute Gasteiger partial charge is 0.308 e. The first kappa shape index (κ1) is 16.8. The Labute approximate surface area is 143 Å². The summed E-state index contributed by atoms with van der Waals surface area (Å²) in [5.41, 5.74) is 1.28. The van der Waals surface area contributed by atoms with E-state index < -0.39 is 0 Å². The lowest BCUT2D eigenvalue weighted by molar-refractivity contribution is 0.424. The van der Waals surface area contributed by atoms with Gasteiger partial charge in [-0.05, 0) is 66.5 Å². The average Bonchev–Trinajstić information content (AvgIpc) is 2.41. The third-order valence-electron chi connectivity index (χ3n) is 2.75. The molecule has 112 valence electrons. The summed E-state index contributed by atoms with van der Waals surface area (Å²) in [4.78, 5) is 5.36. The summed E-state index contributed by atoms with van der Waals surface area (Å²) < 4.78 is 0.976. The molecule has 0 aliphatic rings. The molecule has 0 radical (unpaired) electrons. The number of halogens is 2. The van der Waals surface area contributed by atoms with Crippen molar-refractivity contribution in [3.63, 3.8) is 0 Å². The highest BCUT2D eigenvalue weighted by atomic mass is 79.9. The first-order chi connectivity index (χ1) is 9.85. The maximum absolute atomic E-state index is 6.39. The van der Waals surface area contributed by atoms with E-state index in [1.165, 1.54) is 5.56 Å². The van der Waals surface area contributed by atoms with Gasteiger partial charge < -0.3 is 5.32 Å². The molecular formula is C16H18BrClN2S. The number of rotatable bonds is 4. The topological polar surface area (TPSA) is 24.9 Å². The molecule has 0 atom stereocenters. The Morgan fingerprint density at radius 1 is 1.29 bits per heavy atom. The normalized spacial score (nSPS) is 11.7.